The highest BCUT2D eigenvalue weighted by molar-refractivity contribution is 7.91. The molecule has 0 spiro atoms. The summed E-state index contributed by atoms with van der Waals surface area (Å²) < 4.78 is 69.0. The Labute approximate surface area is 118 Å². The molecule has 0 saturated carbocycles. The molecule has 0 aliphatic carbocycles. The summed E-state index contributed by atoms with van der Waals surface area (Å²) in [5.74, 6) is -0.505. The van der Waals surface area contributed by atoms with E-state index in [1.54, 1.807) is 6.92 Å². The molecule has 1 heterocycles. The number of aryl methyl sites for hydroxylation is 1. The van der Waals surface area contributed by atoms with Crippen LogP contribution in [0.2, 0.25) is 0 Å². The van der Waals surface area contributed by atoms with Gasteiger partial charge in [0.05, 0.1) is 11.3 Å². The van der Waals surface area contributed by atoms with Crippen molar-refractivity contribution in [1.29, 1.82) is 0 Å². The van der Waals surface area contributed by atoms with Crippen LogP contribution < -0.4 is 4.72 Å². The molecular weight excluding hydrogens is 309 g/mol. The summed E-state index contributed by atoms with van der Waals surface area (Å²) in [5, 5.41) is 3.43. The molecule has 0 amide bonds. The molecule has 0 aliphatic rings. The molecule has 0 bridgehead atoms. The summed E-state index contributed by atoms with van der Waals surface area (Å²) in [7, 11) is -4.03. The van der Waals surface area contributed by atoms with Gasteiger partial charge in [-0.25, -0.2) is 8.42 Å². The molecule has 1 aromatic heterocycles. The SMILES string of the molecule is Cc1cc(NS(=O)(=O)Cc2ccccc2C(F)(F)F)no1. The number of hydrogen-bond donors (Lipinski definition) is 1. The van der Waals surface area contributed by atoms with Crippen molar-refractivity contribution in [3.63, 3.8) is 0 Å². The molecule has 2 aromatic rings. The third-order valence-electron chi connectivity index (χ3n) is 2.56. The summed E-state index contributed by atoms with van der Waals surface area (Å²) in [4.78, 5) is 0. The average Bonchev–Trinajstić information content (AvgIpc) is 2.72. The molecule has 0 saturated heterocycles. The molecule has 0 aliphatic heterocycles. The van der Waals surface area contributed by atoms with Crippen LogP contribution in [-0.2, 0) is 22.0 Å². The zero-order valence-corrected chi connectivity index (χ0v) is 11.6. The van der Waals surface area contributed by atoms with Crippen molar-refractivity contribution in [2.24, 2.45) is 0 Å². The molecule has 9 heteroatoms. The Morgan fingerprint density at radius 2 is 1.95 bits per heavy atom. The number of benzene rings is 1. The third kappa shape index (κ3) is 3.97. The van der Waals surface area contributed by atoms with Crippen LogP contribution in [0.3, 0.4) is 0 Å². The molecule has 0 fully saturated rings. The lowest BCUT2D eigenvalue weighted by Gasteiger charge is -2.12. The Bertz CT molecular complexity index is 738. The van der Waals surface area contributed by atoms with E-state index in [9.17, 15) is 21.6 Å². The number of alkyl halides is 3. The Balaban J connectivity index is 2.25. The predicted octanol–water partition coefficient (Wildman–Crippen LogP) is 2.94. The normalized spacial score (nSPS) is 12.4. The maximum atomic E-state index is 12.8. The first-order chi connectivity index (χ1) is 9.67. The smallest absolute Gasteiger partial charge is 0.360 e. The maximum absolute atomic E-state index is 12.8. The summed E-state index contributed by atoms with van der Waals surface area (Å²) >= 11 is 0. The average molecular weight is 320 g/mol. The van der Waals surface area contributed by atoms with E-state index >= 15 is 0 Å². The fraction of sp³-hybridized carbons (Fsp3) is 0.250. The molecule has 2 rings (SSSR count). The zero-order chi connectivity index (χ0) is 15.7. The number of aromatic nitrogens is 1. The monoisotopic (exact) mass is 320 g/mol. The number of anilines is 1. The minimum absolute atomic E-state index is 0.0722. The van der Waals surface area contributed by atoms with Crippen molar-refractivity contribution in [2.45, 2.75) is 18.9 Å². The minimum Gasteiger partial charge on any atom is -0.360 e. The van der Waals surface area contributed by atoms with E-state index in [1.807, 2.05) is 0 Å². The molecule has 5 nitrogen and oxygen atoms in total. The first-order valence-electron chi connectivity index (χ1n) is 5.76. The number of halogens is 3. The van der Waals surface area contributed by atoms with Crippen LogP contribution in [0.25, 0.3) is 0 Å². The van der Waals surface area contributed by atoms with Crippen molar-refractivity contribution in [2.75, 3.05) is 4.72 Å². The third-order valence-corrected chi connectivity index (χ3v) is 3.77. The van der Waals surface area contributed by atoms with Crippen LogP contribution in [0.15, 0.2) is 34.9 Å². The van der Waals surface area contributed by atoms with E-state index in [-0.39, 0.29) is 11.4 Å². The lowest BCUT2D eigenvalue weighted by molar-refractivity contribution is -0.138. The molecule has 0 radical (unpaired) electrons. The summed E-state index contributed by atoms with van der Waals surface area (Å²) in [5.41, 5.74) is -1.32. The van der Waals surface area contributed by atoms with Crippen LogP contribution in [0, 0.1) is 6.92 Å². The molecular formula is C12H11F3N2O3S. The first kappa shape index (κ1) is 15.4. The van der Waals surface area contributed by atoms with Gasteiger partial charge in [-0.05, 0) is 18.6 Å². The van der Waals surface area contributed by atoms with Crippen LogP contribution in [0.1, 0.15) is 16.9 Å². The van der Waals surface area contributed by atoms with Gasteiger partial charge in [0.15, 0.2) is 5.82 Å². The van der Waals surface area contributed by atoms with Gasteiger partial charge in [0, 0.05) is 6.07 Å². The minimum atomic E-state index is -4.61. The zero-order valence-electron chi connectivity index (χ0n) is 10.8. The number of rotatable bonds is 4. The summed E-state index contributed by atoms with van der Waals surface area (Å²) in [6.45, 7) is 1.56. The van der Waals surface area contributed by atoms with Crippen molar-refractivity contribution < 1.29 is 26.1 Å². The van der Waals surface area contributed by atoms with Crippen molar-refractivity contribution in [1.82, 2.24) is 5.16 Å². The fourth-order valence-electron chi connectivity index (χ4n) is 1.74. The van der Waals surface area contributed by atoms with Gasteiger partial charge in [-0.15, -0.1) is 0 Å². The Hall–Kier alpha value is -2.03. The van der Waals surface area contributed by atoms with Crippen LogP contribution in [-0.4, -0.2) is 13.6 Å². The van der Waals surface area contributed by atoms with Crippen LogP contribution >= 0.6 is 0 Å². The summed E-state index contributed by atoms with van der Waals surface area (Å²) in [6, 6.07) is 5.84. The fourth-order valence-corrected chi connectivity index (χ4v) is 2.89. The maximum Gasteiger partial charge on any atom is 0.416 e. The molecule has 1 aromatic carbocycles. The Kier molecular flexibility index (Phi) is 3.95. The highest BCUT2D eigenvalue weighted by atomic mass is 32.2. The van der Waals surface area contributed by atoms with Gasteiger partial charge in [0.1, 0.15) is 5.76 Å². The van der Waals surface area contributed by atoms with Gasteiger partial charge in [-0.3, -0.25) is 4.72 Å². The van der Waals surface area contributed by atoms with Gasteiger partial charge in [0.2, 0.25) is 10.0 Å². The highest BCUT2D eigenvalue weighted by Gasteiger charge is 2.34. The first-order valence-corrected chi connectivity index (χ1v) is 7.41. The predicted molar refractivity (Wildman–Crippen MR) is 68.9 cm³/mol. The van der Waals surface area contributed by atoms with Gasteiger partial charge in [0.25, 0.3) is 0 Å². The van der Waals surface area contributed by atoms with E-state index in [1.165, 1.54) is 18.2 Å². The molecule has 21 heavy (non-hydrogen) atoms. The lowest BCUT2D eigenvalue weighted by atomic mass is 10.1. The summed E-state index contributed by atoms with van der Waals surface area (Å²) in [6.07, 6.45) is -4.61. The van der Waals surface area contributed by atoms with E-state index in [0.29, 0.717) is 5.76 Å². The second kappa shape index (κ2) is 5.40. The molecule has 0 unspecified atom stereocenters. The van der Waals surface area contributed by atoms with Crippen molar-refractivity contribution in [3.8, 4) is 0 Å². The van der Waals surface area contributed by atoms with Crippen LogP contribution in [0.4, 0.5) is 19.0 Å². The number of nitrogens with one attached hydrogen (secondary N) is 1. The largest absolute Gasteiger partial charge is 0.416 e. The van der Waals surface area contributed by atoms with Crippen molar-refractivity contribution >= 4 is 15.8 Å². The molecule has 0 atom stereocenters. The molecule has 114 valence electrons. The van der Waals surface area contributed by atoms with E-state index < -0.39 is 27.5 Å². The topological polar surface area (TPSA) is 72.2 Å². The number of nitrogens with zero attached hydrogens (tertiary/aromatic N) is 1. The lowest BCUT2D eigenvalue weighted by Crippen LogP contribution is -2.18. The Morgan fingerprint density at radius 1 is 1.29 bits per heavy atom. The molecule has 1 N–H and O–H groups in total. The highest BCUT2D eigenvalue weighted by Crippen LogP contribution is 2.32. The number of hydrogen-bond acceptors (Lipinski definition) is 4. The standard InChI is InChI=1S/C12H11F3N2O3S/c1-8-6-11(16-20-8)17-21(18,19)7-9-4-2-3-5-10(9)12(13,14)15/h2-6H,7H2,1H3,(H,16,17). The van der Waals surface area contributed by atoms with Crippen LogP contribution in [0.5, 0.6) is 0 Å². The van der Waals surface area contributed by atoms with E-state index in [0.717, 1.165) is 12.1 Å². The van der Waals surface area contributed by atoms with E-state index in [2.05, 4.69) is 14.4 Å². The Morgan fingerprint density at radius 3 is 2.52 bits per heavy atom. The van der Waals surface area contributed by atoms with Gasteiger partial charge >= 0.3 is 6.18 Å². The van der Waals surface area contributed by atoms with E-state index in [4.69, 9.17) is 0 Å². The second-order valence-electron chi connectivity index (χ2n) is 4.34. The van der Waals surface area contributed by atoms with Crippen molar-refractivity contribution in [3.05, 3.63) is 47.2 Å². The van der Waals surface area contributed by atoms with Gasteiger partial charge in [-0.2, -0.15) is 13.2 Å². The van der Waals surface area contributed by atoms with Gasteiger partial charge < -0.3 is 4.52 Å². The second-order valence-corrected chi connectivity index (χ2v) is 6.06. The number of sulfonamides is 1. The van der Waals surface area contributed by atoms with Gasteiger partial charge in [-0.1, -0.05) is 23.4 Å². The quantitative estimate of drug-likeness (QED) is 0.940.